The van der Waals surface area contributed by atoms with E-state index in [-0.39, 0.29) is 11.6 Å². The molecule has 0 spiro atoms. The van der Waals surface area contributed by atoms with Crippen LogP contribution in [0.25, 0.3) is 0 Å². The molecule has 190 valence electrons. The van der Waals surface area contributed by atoms with Crippen molar-refractivity contribution in [3.8, 4) is 0 Å². The van der Waals surface area contributed by atoms with Gasteiger partial charge in [-0.1, -0.05) is 35.5 Å². The molecule has 0 aromatic carbocycles. The smallest absolute Gasteiger partial charge is 0.145 e. The lowest BCUT2D eigenvalue weighted by molar-refractivity contribution is -0.134. The van der Waals surface area contributed by atoms with Gasteiger partial charge in [0.05, 0.1) is 23.0 Å². The van der Waals surface area contributed by atoms with Crippen molar-refractivity contribution in [2.75, 3.05) is 0 Å². The van der Waals surface area contributed by atoms with Crippen molar-refractivity contribution in [1.82, 2.24) is 0 Å². The van der Waals surface area contributed by atoms with Gasteiger partial charge < -0.3 is 10.2 Å². The summed E-state index contributed by atoms with van der Waals surface area (Å²) in [6.45, 7) is 11.7. The lowest BCUT2D eigenvalue weighted by Gasteiger charge is -2.39. The fourth-order valence-corrected chi connectivity index (χ4v) is 5.29. The fraction of sp³-hybridized carbons (Fsp3) is 0.667. The Morgan fingerprint density at radius 1 is 0.765 bits per heavy atom. The van der Waals surface area contributed by atoms with E-state index in [9.17, 15) is 19.8 Å². The molecule has 0 heterocycles. The third-order valence-corrected chi connectivity index (χ3v) is 7.88. The molecule has 2 N–H and O–H groups in total. The van der Waals surface area contributed by atoms with E-state index < -0.39 is 23.0 Å². The molecule has 2 aliphatic rings. The van der Waals surface area contributed by atoms with Gasteiger partial charge in [-0.2, -0.15) is 0 Å². The Morgan fingerprint density at radius 2 is 1.12 bits per heavy atom. The van der Waals surface area contributed by atoms with Gasteiger partial charge in [-0.3, -0.25) is 9.59 Å². The van der Waals surface area contributed by atoms with Crippen molar-refractivity contribution < 1.29 is 19.8 Å². The molecule has 0 saturated heterocycles. The largest absolute Gasteiger partial charge is 0.388 e. The summed E-state index contributed by atoms with van der Waals surface area (Å²) in [6.07, 6.45) is 13.7. The van der Waals surface area contributed by atoms with Gasteiger partial charge in [0.1, 0.15) is 11.6 Å². The molecule has 2 saturated carbocycles. The van der Waals surface area contributed by atoms with E-state index in [1.807, 2.05) is 53.7 Å². The lowest BCUT2D eigenvalue weighted by Crippen LogP contribution is -2.43. The van der Waals surface area contributed by atoms with Crippen molar-refractivity contribution in [1.29, 1.82) is 0 Å². The molecule has 4 atom stereocenters. The van der Waals surface area contributed by atoms with E-state index in [1.54, 1.807) is 0 Å². The zero-order valence-electron chi connectivity index (χ0n) is 22.2. The van der Waals surface area contributed by atoms with E-state index in [0.29, 0.717) is 12.8 Å². The first-order valence-electron chi connectivity index (χ1n) is 13.0. The molecular formula is C30H46O4. The zero-order valence-corrected chi connectivity index (χ0v) is 22.2. The Balaban J connectivity index is 2.03. The Kier molecular flexibility index (Phi) is 10.3. The Morgan fingerprint density at radius 3 is 1.44 bits per heavy atom. The van der Waals surface area contributed by atoms with Crippen LogP contribution in [0.4, 0.5) is 0 Å². The molecule has 0 aliphatic heterocycles. The summed E-state index contributed by atoms with van der Waals surface area (Å²) in [5.74, 6) is 0.215. The number of hydrogen-bond donors (Lipinski definition) is 2. The number of aliphatic hydroxyl groups excluding tert-OH is 2. The third kappa shape index (κ3) is 6.88. The summed E-state index contributed by atoms with van der Waals surface area (Å²) in [6, 6.07) is 0. The van der Waals surface area contributed by atoms with Gasteiger partial charge in [-0.05, 0) is 104 Å². The normalized spacial score (nSPS) is 31.9. The minimum absolute atomic E-state index is 0.108. The highest BCUT2D eigenvalue weighted by molar-refractivity contribution is 5.87. The summed E-state index contributed by atoms with van der Waals surface area (Å²) in [5, 5.41) is 22.1. The number of carbonyl (C=O) groups excluding carboxylic acids is 2. The predicted molar refractivity (Wildman–Crippen MR) is 139 cm³/mol. The van der Waals surface area contributed by atoms with Crippen LogP contribution in [0.3, 0.4) is 0 Å². The molecule has 2 rings (SSSR count). The van der Waals surface area contributed by atoms with Gasteiger partial charge in [-0.25, -0.2) is 0 Å². The standard InChI is InChI=1S/C30H46O4/c1-21(2)15-17-25(31)29(5)19-9-13-23(27(29)33)11-7-8-12-24-14-10-20-30(6,28(24)34)26(32)18-16-22(3)4/h11-12,15-16,27-28,33-34H,7-10,13-14,17-20H2,1-6H3/b23-11-,24-12-/t27-,28-,29-,30-/m0/s1. The van der Waals surface area contributed by atoms with Crippen molar-refractivity contribution in [2.45, 2.75) is 118 Å². The quantitative estimate of drug-likeness (QED) is 0.295. The van der Waals surface area contributed by atoms with Crippen molar-refractivity contribution in [3.63, 3.8) is 0 Å². The Hall–Kier alpha value is -1.78. The molecule has 0 unspecified atom stereocenters. The minimum atomic E-state index is -0.733. The second-order valence-corrected chi connectivity index (χ2v) is 11.3. The first kappa shape index (κ1) is 28.5. The van der Waals surface area contributed by atoms with E-state index in [0.717, 1.165) is 73.7 Å². The number of carbonyl (C=O) groups is 2. The lowest BCUT2D eigenvalue weighted by atomic mass is 9.67. The number of rotatable bonds is 9. The van der Waals surface area contributed by atoms with Crippen LogP contribution in [-0.4, -0.2) is 34.0 Å². The second-order valence-electron chi connectivity index (χ2n) is 11.3. The fourth-order valence-electron chi connectivity index (χ4n) is 5.29. The van der Waals surface area contributed by atoms with Gasteiger partial charge in [0.2, 0.25) is 0 Å². The van der Waals surface area contributed by atoms with Gasteiger partial charge in [0, 0.05) is 12.8 Å². The van der Waals surface area contributed by atoms with Gasteiger partial charge >= 0.3 is 0 Å². The zero-order chi connectivity index (χ0) is 25.5. The number of Topliss-reactive ketones (excluding diaryl/α,β-unsaturated/α-hetero) is 2. The van der Waals surface area contributed by atoms with Crippen LogP contribution in [0.1, 0.15) is 106 Å². The van der Waals surface area contributed by atoms with Gasteiger partial charge in [0.15, 0.2) is 0 Å². The highest BCUT2D eigenvalue weighted by Gasteiger charge is 2.44. The van der Waals surface area contributed by atoms with Crippen LogP contribution in [0, 0.1) is 10.8 Å². The van der Waals surface area contributed by atoms with E-state index in [4.69, 9.17) is 0 Å². The number of unbranched alkanes of at least 4 members (excludes halogenated alkanes) is 1. The molecule has 0 aromatic rings. The molecule has 34 heavy (non-hydrogen) atoms. The van der Waals surface area contributed by atoms with Crippen LogP contribution in [-0.2, 0) is 9.59 Å². The summed E-state index contributed by atoms with van der Waals surface area (Å²) < 4.78 is 0. The highest BCUT2D eigenvalue weighted by Crippen LogP contribution is 2.42. The molecule has 0 radical (unpaired) electrons. The topological polar surface area (TPSA) is 74.6 Å². The Bertz CT molecular complexity index is 794. The SMILES string of the molecule is CC(C)=CCC(=O)[C@]1(C)CCC/C(=C/CC/C=C2/CCC[C@@](C)(C(=O)CC=C(C)C)[C@H]2O)[C@@H]1O. The first-order valence-corrected chi connectivity index (χ1v) is 13.0. The number of allylic oxidation sites excluding steroid dienone is 6. The molecule has 0 bridgehead atoms. The number of ketones is 2. The van der Waals surface area contributed by atoms with E-state index in [2.05, 4.69) is 12.2 Å². The summed E-state index contributed by atoms with van der Waals surface area (Å²) in [5.41, 5.74) is 2.71. The third-order valence-electron chi connectivity index (χ3n) is 7.88. The van der Waals surface area contributed by atoms with Crippen molar-refractivity contribution in [3.05, 3.63) is 46.6 Å². The molecule has 4 heteroatoms. The summed E-state index contributed by atoms with van der Waals surface area (Å²) in [7, 11) is 0. The molecule has 0 amide bonds. The molecule has 4 nitrogen and oxygen atoms in total. The van der Waals surface area contributed by atoms with E-state index >= 15 is 0 Å². The molecule has 0 aromatic heterocycles. The van der Waals surface area contributed by atoms with Crippen molar-refractivity contribution >= 4 is 11.6 Å². The summed E-state index contributed by atoms with van der Waals surface area (Å²) in [4.78, 5) is 25.7. The summed E-state index contributed by atoms with van der Waals surface area (Å²) >= 11 is 0. The van der Waals surface area contributed by atoms with Crippen molar-refractivity contribution in [2.24, 2.45) is 10.8 Å². The van der Waals surface area contributed by atoms with Crippen LogP contribution < -0.4 is 0 Å². The average Bonchev–Trinajstić information content (AvgIpc) is 2.78. The number of hydrogen-bond acceptors (Lipinski definition) is 4. The maximum Gasteiger partial charge on any atom is 0.145 e. The van der Waals surface area contributed by atoms with Crippen LogP contribution >= 0.6 is 0 Å². The number of aliphatic hydroxyl groups is 2. The maximum absolute atomic E-state index is 12.9. The molecular weight excluding hydrogens is 424 g/mol. The van der Waals surface area contributed by atoms with Crippen LogP contribution in [0.2, 0.25) is 0 Å². The average molecular weight is 471 g/mol. The van der Waals surface area contributed by atoms with Crippen LogP contribution in [0.5, 0.6) is 0 Å². The van der Waals surface area contributed by atoms with Gasteiger partial charge in [0.25, 0.3) is 0 Å². The predicted octanol–water partition coefficient (Wildman–Crippen LogP) is 6.57. The first-order chi connectivity index (χ1) is 15.9. The molecule has 2 aliphatic carbocycles. The minimum Gasteiger partial charge on any atom is -0.388 e. The molecule has 2 fully saturated rings. The van der Waals surface area contributed by atoms with E-state index in [1.165, 1.54) is 0 Å². The monoisotopic (exact) mass is 470 g/mol. The highest BCUT2D eigenvalue weighted by atomic mass is 16.3. The second kappa shape index (κ2) is 12.3. The Labute approximate surface area is 206 Å². The maximum atomic E-state index is 12.9. The van der Waals surface area contributed by atoms with Crippen LogP contribution in [0.15, 0.2) is 46.6 Å². The van der Waals surface area contributed by atoms with Gasteiger partial charge in [-0.15, -0.1) is 0 Å².